The minimum absolute atomic E-state index is 0.00170. The predicted octanol–water partition coefficient (Wildman–Crippen LogP) is 3.82. The SMILES string of the molecule is CCc1nn(CCCc2c(C(=O)O)ccc(C)c2Cl)c2c1C(=O)NCC1(CCOCC1)C2. The summed E-state index contributed by atoms with van der Waals surface area (Å²) in [4.78, 5) is 24.6. The summed E-state index contributed by atoms with van der Waals surface area (Å²) in [5.41, 5.74) is 4.30. The molecule has 1 aromatic carbocycles. The lowest BCUT2D eigenvalue weighted by atomic mass is 9.76. The van der Waals surface area contributed by atoms with Gasteiger partial charge in [-0.25, -0.2) is 4.79 Å². The van der Waals surface area contributed by atoms with E-state index in [1.807, 2.05) is 18.5 Å². The summed E-state index contributed by atoms with van der Waals surface area (Å²) in [6, 6.07) is 3.36. The number of aromatic carboxylic acids is 1. The van der Waals surface area contributed by atoms with Gasteiger partial charge in [-0.1, -0.05) is 24.6 Å². The van der Waals surface area contributed by atoms with Crippen LogP contribution >= 0.6 is 11.6 Å². The minimum atomic E-state index is -0.971. The number of benzene rings is 1. The fourth-order valence-corrected chi connectivity index (χ4v) is 5.21. The van der Waals surface area contributed by atoms with E-state index in [4.69, 9.17) is 21.4 Å². The topological polar surface area (TPSA) is 93.5 Å². The zero-order chi connectivity index (χ0) is 22.9. The molecule has 0 aliphatic carbocycles. The molecule has 1 saturated heterocycles. The standard InChI is InChI=1S/C24H30ClN3O4/c1-3-18-20-19(13-24(14-26-22(20)29)8-11-32-12-9-24)28(27-18)10-4-5-16-17(23(30)31)7-6-15(2)21(16)25/h6-7H,3-5,8-14H2,1-2H3,(H,26,29)(H,30,31). The molecule has 1 aromatic heterocycles. The van der Waals surface area contributed by atoms with E-state index in [9.17, 15) is 14.7 Å². The number of hydrogen-bond donors (Lipinski definition) is 2. The molecule has 3 heterocycles. The number of nitrogens with zero attached hydrogens (tertiary/aromatic N) is 2. The van der Waals surface area contributed by atoms with Crippen molar-refractivity contribution in [3.8, 4) is 0 Å². The van der Waals surface area contributed by atoms with Crippen molar-refractivity contribution in [2.24, 2.45) is 5.41 Å². The molecule has 0 atom stereocenters. The Balaban J connectivity index is 1.60. The summed E-state index contributed by atoms with van der Waals surface area (Å²) >= 11 is 6.45. The maximum absolute atomic E-state index is 12.9. The van der Waals surface area contributed by atoms with Crippen LogP contribution in [0.5, 0.6) is 0 Å². The van der Waals surface area contributed by atoms with Gasteiger partial charge in [0.1, 0.15) is 0 Å². The normalized spacial score (nSPS) is 17.7. The lowest BCUT2D eigenvalue weighted by Crippen LogP contribution is -2.40. The Morgan fingerprint density at radius 2 is 2.09 bits per heavy atom. The number of hydrogen-bond acceptors (Lipinski definition) is 4. The third-order valence-corrected chi connectivity index (χ3v) is 7.40. The molecule has 4 rings (SSSR count). The van der Waals surface area contributed by atoms with Crippen LogP contribution in [-0.2, 0) is 30.5 Å². The van der Waals surface area contributed by atoms with Gasteiger partial charge in [-0.05, 0) is 68.1 Å². The highest BCUT2D eigenvalue weighted by molar-refractivity contribution is 6.32. The van der Waals surface area contributed by atoms with Crippen LogP contribution in [0.2, 0.25) is 5.02 Å². The molecule has 1 fully saturated rings. The van der Waals surface area contributed by atoms with Gasteiger partial charge in [0.25, 0.3) is 5.91 Å². The maximum Gasteiger partial charge on any atom is 0.336 e. The molecule has 0 unspecified atom stereocenters. The van der Waals surface area contributed by atoms with E-state index in [0.717, 1.165) is 41.8 Å². The maximum atomic E-state index is 12.9. The van der Waals surface area contributed by atoms with Crippen LogP contribution in [0, 0.1) is 12.3 Å². The number of rotatable bonds is 6. The van der Waals surface area contributed by atoms with E-state index in [0.29, 0.717) is 56.2 Å². The van der Waals surface area contributed by atoms with E-state index in [2.05, 4.69) is 5.32 Å². The van der Waals surface area contributed by atoms with Gasteiger partial charge >= 0.3 is 5.97 Å². The number of carbonyl (C=O) groups is 2. The van der Waals surface area contributed by atoms with Crippen molar-refractivity contribution in [3.05, 3.63) is 50.8 Å². The summed E-state index contributed by atoms with van der Waals surface area (Å²) in [5, 5.41) is 18.0. The average molecular weight is 460 g/mol. The Bertz CT molecular complexity index is 1040. The molecule has 2 aromatic rings. The Kier molecular flexibility index (Phi) is 6.58. The number of ether oxygens (including phenoxy) is 1. The predicted molar refractivity (Wildman–Crippen MR) is 122 cm³/mol. The molecular weight excluding hydrogens is 430 g/mol. The average Bonchev–Trinajstić information content (AvgIpc) is 3.05. The Morgan fingerprint density at radius 1 is 1.34 bits per heavy atom. The zero-order valence-electron chi connectivity index (χ0n) is 18.7. The van der Waals surface area contributed by atoms with Gasteiger partial charge in [-0.15, -0.1) is 0 Å². The molecule has 0 saturated carbocycles. The number of carbonyl (C=O) groups excluding carboxylic acids is 1. The molecule has 32 heavy (non-hydrogen) atoms. The molecule has 2 aliphatic rings. The van der Waals surface area contributed by atoms with Gasteiger partial charge in [-0.2, -0.15) is 5.10 Å². The second-order valence-electron chi connectivity index (χ2n) is 8.95. The van der Waals surface area contributed by atoms with Gasteiger partial charge in [0.05, 0.1) is 22.5 Å². The number of fused-ring (bicyclic) bond motifs is 1. The van der Waals surface area contributed by atoms with E-state index >= 15 is 0 Å². The number of aryl methyl sites for hydroxylation is 3. The van der Waals surface area contributed by atoms with Gasteiger partial charge in [0.15, 0.2) is 0 Å². The van der Waals surface area contributed by atoms with Crippen molar-refractivity contribution in [3.63, 3.8) is 0 Å². The van der Waals surface area contributed by atoms with Crippen molar-refractivity contribution in [1.29, 1.82) is 0 Å². The third kappa shape index (κ3) is 4.28. The van der Waals surface area contributed by atoms with Crippen molar-refractivity contribution >= 4 is 23.5 Å². The van der Waals surface area contributed by atoms with E-state index in [1.54, 1.807) is 12.1 Å². The number of aromatic nitrogens is 2. The Morgan fingerprint density at radius 3 is 2.78 bits per heavy atom. The van der Waals surface area contributed by atoms with Crippen LogP contribution < -0.4 is 5.32 Å². The zero-order valence-corrected chi connectivity index (χ0v) is 19.4. The lowest BCUT2D eigenvalue weighted by Gasteiger charge is -2.36. The van der Waals surface area contributed by atoms with Gasteiger partial charge in [0.2, 0.25) is 0 Å². The number of amides is 1. The highest BCUT2D eigenvalue weighted by atomic mass is 35.5. The third-order valence-electron chi connectivity index (χ3n) is 6.88. The largest absolute Gasteiger partial charge is 0.478 e. The number of nitrogens with one attached hydrogen (secondary N) is 1. The van der Waals surface area contributed by atoms with Crippen LogP contribution in [0.4, 0.5) is 0 Å². The van der Waals surface area contributed by atoms with E-state index in [1.165, 1.54) is 0 Å². The number of halogens is 1. The molecule has 8 heteroatoms. The summed E-state index contributed by atoms with van der Waals surface area (Å²) in [5.74, 6) is -1.01. The summed E-state index contributed by atoms with van der Waals surface area (Å²) in [6.45, 7) is 6.58. The van der Waals surface area contributed by atoms with Gasteiger partial charge in [0, 0.05) is 31.3 Å². The fraction of sp³-hybridized carbons (Fsp3) is 0.542. The summed E-state index contributed by atoms with van der Waals surface area (Å²) in [7, 11) is 0. The van der Waals surface area contributed by atoms with Gasteiger partial charge < -0.3 is 15.2 Å². The Labute approximate surface area is 193 Å². The highest BCUT2D eigenvalue weighted by Gasteiger charge is 2.39. The van der Waals surface area contributed by atoms with Crippen LogP contribution in [0.3, 0.4) is 0 Å². The smallest absolute Gasteiger partial charge is 0.336 e. The molecule has 0 radical (unpaired) electrons. The molecule has 1 amide bonds. The molecule has 0 bridgehead atoms. The number of carboxylic acid groups (broad SMARTS) is 1. The molecule has 7 nitrogen and oxygen atoms in total. The van der Waals surface area contributed by atoms with E-state index in [-0.39, 0.29) is 16.9 Å². The monoisotopic (exact) mass is 459 g/mol. The van der Waals surface area contributed by atoms with Crippen molar-refractivity contribution in [2.45, 2.75) is 58.9 Å². The first-order valence-electron chi connectivity index (χ1n) is 11.3. The van der Waals surface area contributed by atoms with Crippen LogP contribution in [-0.4, -0.2) is 46.5 Å². The molecule has 172 valence electrons. The first kappa shape index (κ1) is 22.8. The second kappa shape index (κ2) is 9.24. The van der Waals surface area contributed by atoms with Crippen molar-refractivity contribution in [2.75, 3.05) is 19.8 Å². The Hall–Kier alpha value is -2.38. The minimum Gasteiger partial charge on any atom is -0.478 e. The van der Waals surface area contributed by atoms with Crippen LogP contribution in [0.15, 0.2) is 12.1 Å². The first-order chi connectivity index (χ1) is 15.3. The quantitative estimate of drug-likeness (QED) is 0.684. The first-order valence-corrected chi connectivity index (χ1v) is 11.7. The summed E-state index contributed by atoms with van der Waals surface area (Å²) in [6.07, 6.45) is 4.52. The summed E-state index contributed by atoms with van der Waals surface area (Å²) < 4.78 is 7.55. The highest BCUT2D eigenvalue weighted by Crippen LogP contribution is 2.37. The van der Waals surface area contributed by atoms with Gasteiger partial charge in [-0.3, -0.25) is 9.48 Å². The molecular formula is C24H30ClN3O4. The number of carboxylic acids is 1. The lowest BCUT2D eigenvalue weighted by molar-refractivity contribution is 0.0152. The second-order valence-corrected chi connectivity index (χ2v) is 9.33. The van der Waals surface area contributed by atoms with Crippen molar-refractivity contribution in [1.82, 2.24) is 15.1 Å². The van der Waals surface area contributed by atoms with E-state index < -0.39 is 5.97 Å². The fourth-order valence-electron chi connectivity index (χ4n) is 4.95. The van der Waals surface area contributed by atoms with Crippen LogP contribution in [0.1, 0.15) is 69.4 Å². The van der Waals surface area contributed by atoms with Crippen molar-refractivity contribution < 1.29 is 19.4 Å². The van der Waals surface area contributed by atoms with Crippen LogP contribution in [0.25, 0.3) is 0 Å². The molecule has 2 aliphatic heterocycles. The molecule has 1 spiro atoms. The molecule has 2 N–H and O–H groups in total.